The van der Waals surface area contributed by atoms with E-state index in [2.05, 4.69) is 6.58 Å². The molecular formula is C8H12OS. The number of rotatable bonds is 3. The maximum absolute atomic E-state index is 10.8. The summed E-state index contributed by atoms with van der Waals surface area (Å²) < 4.78 is 10.8. The van der Waals surface area contributed by atoms with Crippen molar-refractivity contribution < 1.29 is 4.21 Å². The van der Waals surface area contributed by atoms with Crippen LogP contribution in [-0.4, -0.2) is 10.5 Å². The Morgan fingerprint density at radius 2 is 2.20 bits per heavy atom. The van der Waals surface area contributed by atoms with Crippen molar-refractivity contribution >= 4 is 10.8 Å². The normalized spacial score (nSPS) is 15.6. The Labute approximate surface area is 64.6 Å². The summed E-state index contributed by atoms with van der Waals surface area (Å²) in [6.07, 6.45) is 8.77. The molecule has 0 spiro atoms. The van der Waals surface area contributed by atoms with Crippen molar-refractivity contribution in [2.75, 3.05) is 6.26 Å². The number of hydrogen-bond donors (Lipinski definition) is 0. The first-order valence-corrected chi connectivity index (χ1v) is 4.57. The molecule has 0 aliphatic carbocycles. The third-order valence-electron chi connectivity index (χ3n) is 0.986. The fourth-order valence-electron chi connectivity index (χ4n) is 0.472. The highest BCUT2D eigenvalue weighted by Gasteiger charge is 1.91. The molecule has 0 rings (SSSR count). The standard InChI is InChI=1S/C8H12OS/c1-4-6-7-8(5-2)10(3)9/h4-7H,2H2,1,3H3/b6-4-,8-7+. The molecule has 0 heterocycles. The lowest BCUT2D eigenvalue weighted by atomic mass is 10.4. The molecule has 1 unspecified atom stereocenters. The molecule has 10 heavy (non-hydrogen) atoms. The van der Waals surface area contributed by atoms with Crippen molar-refractivity contribution in [3.63, 3.8) is 0 Å². The van der Waals surface area contributed by atoms with Crippen LogP contribution in [0.3, 0.4) is 0 Å². The molecule has 0 aromatic carbocycles. The summed E-state index contributed by atoms with van der Waals surface area (Å²) in [7, 11) is -0.913. The molecule has 0 aromatic heterocycles. The van der Waals surface area contributed by atoms with Crippen LogP contribution >= 0.6 is 0 Å². The largest absolute Gasteiger partial charge is 0.255 e. The van der Waals surface area contributed by atoms with Crippen LogP contribution in [0.25, 0.3) is 0 Å². The van der Waals surface area contributed by atoms with Gasteiger partial charge in [-0.3, -0.25) is 4.21 Å². The zero-order chi connectivity index (χ0) is 7.98. The van der Waals surface area contributed by atoms with Gasteiger partial charge in [0.15, 0.2) is 0 Å². The summed E-state index contributed by atoms with van der Waals surface area (Å²) in [5.74, 6) is 0. The minimum atomic E-state index is -0.913. The van der Waals surface area contributed by atoms with E-state index in [1.165, 1.54) is 0 Å². The highest BCUT2D eigenvalue weighted by atomic mass is 32.2. The SMILES string of the molecule is C=C/C(=C\C=C/C)S(C)=O. The van der Waals surface area contributed by atoms with E-state index in [4.69, 9.17) is 0 Å². The third kappa shape index (κ3) is 3.41. The first-order valence-electron chi connectivity index (χ1n) is 3.01. The summed E-state index contributed by atoms with van der Waals surface area (Å²) in [6.45, 7) is 5.45. The summed E-state index contributed by atoms with van der Waals surface area (Å²) in [5, 5.41) is 0. The highest BCUT2D eigenvalue weighted by molar-refractivity contribution is 7.88. The van der Waals surface area contributed by atoms with Gasteiger partial charge in [0, 0.05) is 22.0 Å². The summed E-state index contributed by atoms with van der Waals surface area (Å²) in [5.41, 5.74) is 0. The minimum absolute atomic E-state index is 0.762. The molecule has 0 radical (unpaired) electrons. The summed E-state index contributed by atoms with van der Waals surface area (Å²) >= 11 is 0. The van der Waals surface area contributed by atoms with Crippen LogP contribution in [0.5, 0.6) is 0 Å². The monoisotopic (exact) mass is 156 g/mol. The molecule has 0 fully saturated rings. The van der Waals surface area contributed by atoms with Crippen molar-refractivity contribution in [3.8, 4) is 0 Å². The van der Waals surface area contributed by atoms with Gasteiger partial charge in [-0.2, -0.15) is 0 Å². The Hall–Kier alpha value is -0.630. The zero-order valence-electron chi connectivity index (χ0n) is 6.33. The molecule has 0 bridgehead atoms. The quantitative estimate of drug-likeness (QED) is 0.571. The Morgan fingerprint density at radius 3 is 2.50 bits per heavy atom. The van der Waals surface area contributed by atoms with E-state index in [1.54, 1.807) is 18.4 Å². The van der Waals surface area contributed by atoms with Crippen LogP contribution in [0.1, 0.15) is 6.92 Å². The van der Waals surface area contributed by atoms with Crippen molar-refractivity contribution in [2.45, 2.75) is 6.92 Å². The Kier molecular flexibility index (Phi) is 4.85. The van der Waals surface area contributed by atoms with E-state index in [-0.39, 0.29) is 0 Å². The predicted molar refractivity (Wildman–Crippen MR) is 47.2 cm³/mol. The lowest BCUT2D eigenvalue weighted by molar-refractivity contribution is 0.691. The topological polar surface area (TPSA) is 17.1 Å². The van der Waals surface area contributed by atoms with Gasteiger partial charge in [0.25, 0.3) is 0 Å². The van der Waals surface area contributed by atoms with Crippen molar-refractivity contribution in [2.24, 2.45) is 0 Å². The molecule has 0 saturated heterocycles. The van der Waals surface area contributed by atoms with Gasteiger partial charge in [-0.05, 0) is 13.0 Å². The molecule has 0 saturated carbocycles. The Balaban J connectivity index is 4.33. The van der Waals surface area contributed by atoms with Gasteiger partial charge >= 0.3 is 0 Å². The molecule has 0 amide bonds. The predicted octanol–water partition coefficient (Wildman–Crippen LogP) is 2.01. The molecular weight excluding hydrogens is 144 g/mol. The molecule has 1 atom stereocenters. The van der Waals surface area contributed by atoms with Gasteiger partial charge in [-0.1, -0.05) is 24.8 Å². The van der Waals surface area contributed by atoms with Crippen molar-refractivity contribution in [1.82, 2.24) is 0 Å². The molecule has 0 aliphatic rings. The Morgan fingerprint density at radius 1 is 1.60 bits per heavy atom. The van der Waals surface area contributed by atoms with Gasteiger partial charge < -0.3 is 0 Å². The van der Waals surface area contributed by atoms with Gasteiger partial charge in [0.1, 0.15) is 0 Å². The average Bonchev–Trinajstić information content (AvgIpc) is 1.89. The summed E-state index contributed by atoms with van der Waals surface area (Å²) in [4.78, 5) is 0.762. The second kappa shape index (κ2) is 5.18. The Bertz CT molecular complexity index is 189. The fraction of sp³-hybridized carbons (Fsp3) is 0.250. The zero-order valence-corrected chi connectivity index (χ0v) is 7.15. The van der Waals surface area contributed by atoms with Crippen LogP contribution < -0.4 is 0 Å². The maximum atomic E-state index is 10.8. The van der Waals surface area contributed by atoms with Crippen LogP contribution in [0.4, 0.5) is 0 Å². The fourth-order valence-corrected chi connectivity index (χ4v) is 0.977. The lowest BCUT2D eigenvalue weighted by Gasteiger charge is -1.91. The first kappa shape index (κ1) is 9.37. The van der Waals surface area contributed by atoms with E-state index in [0.29, 0.717) is 0 Å². The van der Waals surface area contributed by atoms with Crippen molar-refractivity contribution in [3.05, 3.63) is 35.8 Å². The first-order chi connectivity index (χ1) is 4.72. The van der Waals surface area contributed by atoms with Crippen LogP contribution in [0.15, 0.2) is 35.8 Å². The molecule has 0 aliphatic heterocycles. The number of hydrogen-bond acceptors (Lipinski definition) is 1. The minimum Gasteiger partial charge on any atom is -0.255 e. The van der Waals surface area contributed by atoms with Crippen molar-refractivity contribution in [1.29, 1.82) is 0 Å². The molecule has 56 valence electrons. The second-order valence-corrected chi connectivity index (χ2v) is 3.13. The van der Waals surface area contributed by atoms with E-state index in [0.717, 1.165) is 4.91 Å². The van der Waals surface area contributed by atoms with Crippen LogP contribution in [-0.2, 0) is 10.8 Å². The molecule has 0 N–H and O–H groups in total. The third-order valence-corrected chi connectivity index (χ3v) is 1.95. The van der Waals surface area contributed by atoms with Gasteiger partial charge in [-0.15, -0.1) is 0 Å². The van der Waals surface area contributed by atoms with E-state index in [1.807, 2.05) is 19.1 Å². The average molecular weight is 156 g/mol. The molecule has 1 nitrogen and oxygen atoms in total. The van der Waals surface area contributed by atoms with E-state index < -0.39 is 10.8 Å². The maximum Gasteiger partial charge on any atom is 0.0497 e. The van der Waals surface area contributed by atoms with Gasteiger partial charge in [0.05, 0.1) is 0 Å². The highest BCUT2D eigenvalue weighted by Crippen LogP contribution is 1.99. The van der Waals surface area contributed by atoms with Gasteiger partial charge in [-0.25, -0.2) is 0 Å². The second-order valence-electron chi connectivity index (χ2n) is 1.75. The van der Waals surface area contributed by atoms with Crippen LogP contribution in [0.2, 0.25) is 0 Å². The van der Waals surface area contributed by atoms with E-state index >= 15 is 0 Å². The van der Waals surface area contributed by atoms with E-state index in [9.17, 15) is 4.21 Å². The lowest BCUT2D eigenvalue weighted by Crippen LogP contribution is -1.85. The molecule has 0 aromatic rings. The molecule has 2 heteroatoms. The van der Waals surface area contributed by atoms with Gasteiger partial charge in [0.2, 0.25) is 0 Å². The number of allylic oxidation sites excluding steroid dienone is 4. The smallest absolute Gasteiger partial charge is 0.0497 e. The van der Waals surface area contributed by atoms with Crippen LogP contribution in [0, 0.1) is 0 Å². The summed E-state index contributed by atoms with van der Waals surface area (Å²) in [6, 6.07) is 0.